The van der Waals surface area contributed by atoms with Crippen molar-refractivity contribution in [3.05, 3.63) is 18.1 Å². The number of aryl methyl sites for hydroxylation is 1. The number of aliphatic hydroxyl groups is 1. The van der Waals surface area contributed by atoms with Crippen LogP contribution in [-0.4, -0.2) is 34.8 Å². The summed E-state index contributed by atoms with van der Waals surface area (Å²) in [4.78, 5) is 10.3. The molecule has 0 aliphatic heterocycles. The average molecular weight is 195 g/mol. The molecule has 0 spiro atoms. The molecule has 0 unspecified atom stereocenters. The minimum Gasteiger partial charge on any atom is -0.395 e. The summed E-state index contributed by atoms with van der Waals surface area (Å²) < 4.78 is 0. The third kappa shape index (κ3) is 2.67. The van der Waals surface area contributed by atoms with E-state index in [9.17, 15) is 0 Å². The Kier molecular flexibility index (Phi) is 4.32. The fourth-order valence-electron chi connectivity index (χ4n) is 1.31. The number of rotatable bonds is 5. The molecule has 0 fully saturated rings. The number of aliphatic hydroxyl groups excluding tert-OH is 1. The van der Waals surface area contributed by atoms with Crippen molar-refractivity contribution in [2.45, 2.75) is 20.3 Å². The van der Waals surface area contributed by atoms with Crippen LogP contribution in [0, 0.1) is 0 Å². The summed E-state index contributed by atoms with van der Waals surface area (Å²) in [5.41, 5.74) is 1.03. The van der Waals surface area contributed by atoms with Gasteiger partial charge < -0.3 is 10.0 Å². The van der Waals surface area contributed by atoms with Crippen molar-refractivity contribution in [1.82, 2.24) is 9.97 Å². The predicted octanol–water partition coefficient (Wildman–Crippen LogP) is 0.858. The highest BCUT2D eigenvalue weighted by Crippen LogP contribution is 2.10. The standard InChI is InChI=1S/C10H17N3O/c1-3-9-7-10(12-8-11-9)13(4-2)5-6-14/h7-8,14H,3-6H2,1-2H3. The molecule has 1 aromatic heterocycles. The van der Waals surface area contributed by atoms with Crippen LogP contribution in [0.2, 0.25) is 0 Å². The summed E-state index contributed by atoms with van der Waals surface area (Å²) >= 11 is 0. The largest absolute Gasteiger partial charge is 0.395 e. The highest BCUT2D eigenvalue weighted by Gasteiger charge is 2.05. The van der Waals surface area contributed by atoms with Gasteiger partial charge in [0.15, 0.2) is 0 Å². The van der Waals surface area contributed by atoms with Crippen molar-refractivity contribution in [1.29, 1.82) is 0 Å². The molecule has 4 nitrogen and oxygen atoms in total. The molecule has 78 valence electrons. The van der Waals surface area contributed by atoms with Gasteiger partial charge in [-0.1, -0.05) is 6.92 Å². The second-order valence-electron chi connectivity index (χ2n) is 3.02. The van der Waals surface area contributed by atoms with Gasteiger partial charge in [-0.05, 0) is 13.3 Å². The van der Waals surface area contributed by atoms with Crippen molar-refractivity contribution in [2.75, 3.05) is 24.6 Å². The minimum atomic E-state index is 0.152. The number of likely N-dealkylation sites (N-methyl/N-ethyl adjacent to an activating group) is 1. The summed E-state index contributed by atoms with van der Waals surface area (Å²) in [7, 11) is 0. The van der Waals surface area contributed by atoms with Crippen LogP contribution in [0.5, 0.6) is 0 Å². The molecule has 1 heterocycles. The van der Waals surface area contributed by atoms with E-state index >= 15 is 0 Å². The van der Waals surface area contributed by atoms with Crippen LogP contribution < -0.4 is 4.90 Å². The van der Waals surface area contributed by atoms with E-state index in [0.29, 0.717) is 6.54 Å². The van der Waals surface area contributed by atoms with Crippen LogP contribution >= 0.6 is 0 Å². The molecule has 0 amide bonds. The van der Waals surface area contributed by atoms with Gasteiger partial charge in [0.05, 0.1) is 6.61 Å². The maximum absolute atomic E-state index is 8.87. The lowest BCUT2D eigenvalue weighted by atomic mass is 10.3. The topological polar surface area (TPSA) is 49.2 Å². The molecule has 0 atom stereocenters. The van der Waals surface area contributed by atoms with E-state index in [2.05, 4.69) is 16.9 Å². The van der Waals surface area contributed by atoms with Crippen LogP contribution in [0.4, 0.5) is 5.82 Å². The molecule has 4 heteroatoms. The fraction of sp³-hybridized carbons (Fsp3) is 0.600. The summed E-state index contributed by atoms with van der Waals surface area (Å²) in [5.74, 6) is 0.897. The molecule has 0 bridgehead atoms. The van der Waals surface area contributed by atoms with Crippen molar-refractivity contribution in [3.63, 3.8) is 0 Å². The van der Waals surface area contributed by atoms with Crippen molar-refractivity contribution in [2.24, 2.45) is 0 Å². The van der Waals surface area contributed by atoms with Crippen LogP contribution in [-0.2, 0) is 6.42 Å². The highest BCUT2D eigenvalue weighted by atomic mass is 16.3. The van der Waals surface area contributed by atoms with Gasteiger partial charge in [-0.2, -0.15) is 0 Å². The van der Waals surface area contributed by atoms with Gasteiger partial charge in [-0.15, -0.1) is 0 Å². The van der Waals surface area contributed by atoms with E-state index in [1.165, 1.54) is 0 Å². The molecule has 0 radical (unpaired) electrons. The van der Waals surface area contributed by atoms with Crippen molar-refractivity contribution in [3.8, 4) is 0 Å². The molecule has 0 saturated heterocycles. The minimum absolute atomic E-state index is 0.152. The van der Waals surface area contributed by atoms with Gasteiger partial charge in [0.25, 0.3) is 0 Å². The number of anilines is 1. The smallest absolute Gasteiger partial charge is 0.132 e. The van der Waals surface area contributed by atoms with Gasteiger partial charge in [0.1, 0.15) is 12.1 Å². The Morgan fingerprint density at radius 3 is 2.71 bits per heavy atom. The molecular formula is C10H17N3O. The SMILES string of the molecule is CCc1cc(N(CC)CCO)ncn1. The van der Waals surface area contributed by atoms with E-state index in [1.54, 1.807) is 6.33 Å². The third-order valence-electron chi connectivity index (χ3n) is 2.15. The molecule has 1 rings (SSSR count). The number of hydrogen-bond acceptors (Lipinski definition) is 4. The van der Waals surface area contributed by atoms with Crippen molar-refractivity contribution < 1.29 is 5.11 Å². The molecule has 1 aromatic rings. The summed E-state index contributed by atoms with van der Waals surface area (Å²) in [6.45, 7) is 5.73. The van der Waals surface area contributed by atoms with E-state index in [4.69, 9.17) is 5.11 Å². The van der Waals surface area contributed by atoms with Gasteiger partial charge in [0.2, 0.25) is 0 Å². The van der Waals surface area contributed by atoms with Gasteiger partial charge in [-0.25, -0.2) is 9.97 Å². The molecule has 14 heavy (non-hydrogen) atoms. The molecule has 1 N–H and O–H groups in total. The fourth-order valence-corrected chi connectivity index (χ4v) is 1.31. The predicted molar refractivity (Wildman–Crippen MR) is 56.4 cm³/mol. The van der Waals surface area contributed by atoms with Crippen LogP contribution in [0.15, 0.2) is 12.4 Å². The van der Waals surface area contributed by atoms with Crippen LogP contribution in [0.1, 0.15) is 19.5 Å². The number of hydrogen-bond donors (Lipinski definition) is 1. The maximum Gasteiger partial charge on any atom is 0.132 e. The van der Waals surface area contributed by atoms with E-state index in [1.807, 2.05) is 17.9 Å². The molecular weight excluding hydrogens is 178 g/mol. The second-order valence-corrected chi connectivity index (χ2v) is 3.02. The average Bonchev–Trinajstić information content (AvgIpc) is 2.26. The quantitative estimate of drug-likeness (QED) is 0.757. The lowest BCUT2D eigenvalue weighted by Gasteiger charge is -2.20. The van der Waals surface area contributed by atoms with Gasteiger partial charge in [0, 0.05) is 24.8 Å². The molecule has 0 aliphatic carbocycles. The Labute approximate surface area is 84.6 Å². The first-order valence-corrected chi connectivity index (χ1v) is 4.98. The zero-order chi connectivity index (χ0) is 10.4. The van der Waals surface area contributed by atoms with Crippen molar-refractivity contribution >= 4 is 5.82 Å². The van der Waals surface area contributed by atoms with E-state index in [0.717, 1.165) is 24.5 Å². The first-order chi connectivity index (χ1) is 6.81. The maximum atomic E-state index is 8.87. The first-order valence-electron chi connectivity index (χ1n) is 4.98. The van der Waals surface area contributed by atoms with E-state index < -0.39 is 0 Å². The number of aromatic nitrogens is 2. The Balaban J connectivity index is 2.80. The first kappa shape index (κ1) is 10.9. The Hall–Kier alpha value is -1.16. The van der Waals surface area contributed by atoms with E-state index in [-0.39, 0.29) is 6.61 Å². The normalized spacial score (nSPS) is 10.2. The van der Waals surface area contributed by atoms with Gasteiger partial charge >= 0.3 is 0 Å². The lowest BCUT2D eigenvalue weighted by molar-refractivity contribution is 0.302. The lowest BCUT2D eigenvalue weighted by Crippen LogP contribution is -2.27. The Morgan fingerprint density at radius 1 is 1.36 bits per heavy atom. The molecule has 0 saturated carbocycles. The Bertz CT molecular complexity index is 278. The second kappa shape index (κ2) is 5.54. The highest BCUT2D eigenvalue weighted by molar-refractivity contribution is 5.38. The van der Waals surface area contributed by atoms with Crippen LogP contribution in [0.25, 0.3) is 0 Å². The zero-order valence-corrected chi connectivity index (χ0v) is 8.77. The summed E-state index contributed by atoms with van der Waals surface area (Å²) in [5, 5.41) is 8.87. The third-order valence-corrected chi connectivity index (χ3v) is 2.15. The van der Waals surface area contributed by atoms with Gasteiger partial charge in [-0.3, -0.25) is 0 Å². The molecule has 0 aliphatic rings. The number of nitrogens with zero attached hydrogens (tertiary/aromatic N) is 3. The molecule has 0 aromatic carbocycles. The summed E-state index contributed by atoms with van der Waals surface area (Å²) in [6, 6.07) is 1.97. The summed E-state index contributed by atoms with van der Waals surface area (Å²) in [6.07, 6.45) is 2.49. The Morgan fingerprint density at radius 2 is 2.14 bits per heavy atom. The zero-order valence-electron chi connectivity index (χ0n) is 8.77. The monoisotopic (exact) mass is 195 g/mol. The van der Waals surface area contributed by atoms with Crippen LogP contribution in [0.3, 0.4) is 0 Å².